The number of carbonyl (C=O) groups excluding carboxylic acids is 1. The summed E-state index contributed by atoms with van der Waals surface area (Å²) in [6.45, 7) is 0. The minimum atomic E-state index is -0.608. The van der Waals surface area contributed by atoms with Crippen LogP contribution < -0.4 is 10.1 Å². The van der Waals surface area contributed by atoms with Crippen LogP contribution in [0, 0.1) is 5.82 Å². The van der Waals surface area contributed by atoms with Crippen molar-refractivity contribution >= 4 is 5.91 Å². The first-order valence-electron chi connectivity index (χ1n) is 7.85. The topological polar surface area (TPSA) is 51.2 Å². The highest BCUT2D eigenvalue weighted by Crippen LogP contribution is 2.48. The minimum Gasteiger partial charge on any atom is -0.487 e. The molecule has 1 amide bonds. The van der Waals surface area contributed by atoms with Gasteiger partial charge in [-0.15, -0.1) is 0 Å². The number of halogens is 1. The normalized spacial score (nSPS) is 21.0. The SMILES string of the molecule is O=C(N[C@@H]1CC2(CCC2)Oc2ccccc21)c1ccncc1F. The van der Waals surface area contributed by atoms with E-state index in [-0.39, 0.29) is 17.2 Å². The third-order valence-electron chi connectivity index (χ3n) is 4.78. The van der Waals surface area contributed by atoms with E-state index in [1.165, 1.54) is 12.3 Å². The molecule has 1 aromatic heterocycles. The van der Waals surface area contributed by atoms with Gasteiger partial charge in [0, 0.05) is 18.2 Å². The zero-order valence-corrected chi connectivity index (χ0v) is 12.6. The standard InChI is InChI=1S/C18H17FN2O2/c19-14-11-20-9-6-12(14)17(22)21-15-10-18(7-3-8-18)23-16-5-2-1-4-13(15)16/h1-2,4-6,9,11,15H,3,7-8,10H2,(H,21,22)/t15-/m1/s1. The van der Waals surface area contributed by atoms with Gasteiger partial charge >= 0.3 is 0 Å². The summed E-state index contributed by atoms with van der Waals surface area (Å²) in [7, 11) is 0. The molecule has 2 aliphatic rings. The van der Waals surface area contributed by atoms with Gasteiger partial charge in [-0.2, -0.15) is 0 Å². The van der Waals surface area contributed by atoms with Crippen molar-refractivity contribution in [2.24, 2.45) is 0 Å². The fourth-order valence-electron chi connectivity index (χ4n) is 3.42. The van der Waals surface area contributed by atoms with Crippen molar-refractivity contribution in [3.63, 3.8) is 0 Å². The molecule has 0 unspecified atom stereocenters. The lowest BCUT2D eigenvalue weighted by Crippen LogP contribution is -2.49. The molecule has 1 aromatic carbocycles. The van der Waals surface area contributed by atoms with E-state index in [1.54, 1.807) is 0 Å². The maximum atomic E-state index is 13.8. The summed E-state index contributed by atoms with van der Waals surface area (Å²) in [6.07, 6.45) is 6.34. The summed E-state index contributed by atoms with van der Waals surface area (Å²) in [5.41, 5.74) is 0.794. The molecule has 1 aliphatic heterocycles. The number of benzene rings is 1. The number of hydrogen-bond donors (Lipinski definition) is 1. The van der Waals surface area contributed by atoms with Crippen LogP contribution in [0.4, 0.5) is 4.39 Å². The van der Waals surface area contributed by atoms with Gasteiger partial charge in [-0.3, -0.25) is 9.78 Å². The molecule has 2 heterocycles. The summed E-state index contributed by atoms with van der Waals surface area (Å²) >= 11 is 0. The van der Waals surface area contributed by atoms with E-state index < -0.39 is 11.7 Å². The number of hydrogen-bond acceptors (Lipinski definition) is 3. The van der Waals surface area contributed by atoms with Crippen LogP contribution in [0.3, 0.4) is 0 Å². The number of amides is 1. The van der Waals surface area contributed by atoms with Crippen molar-refractivity contribution in [3.05, 3.63) is 59.7 Å². The van der Waals surface area contributed by atoms with Crippen LogP contribution in [-0.2, 0) is 0 Å². The van der Waals surface area contributed by atoms with Gasteiger partial charge in [0.25, 0.3) is 5.91 Å². The lowest BCUT2D eigenvalue weighted by molar-refractivity contribution is -0.0360. The number of aromatic nitrogens is 1. The highest BCUT2D eigenvalue weighted by atomic mass is 19.1. The number of fused-ring (bicyclic) bond motifs is 1. The molecule has 1 aliphatic carbocycles. The lowest BCUT2D eigenvalue weighted by Gasteiger charge is -2.48. The molecule has 0 bridgehead atoms. The molecule has 23 heavy (non-hydrogen) atoms. The van der Waals surface area contributed by atoms with Gasteiger partial charge in [-0.1, -0.05) is 18.2 Å². The van der Waals surface area contributed by atoms with E-state index in [9.17, 15) is 9.18 Å². The predicted molar refractivity (Wildman–Crippen MR) is 82.7 cm³/mol. The molecule has 2 aromatic rings. The molecule has 1 N–H and O–H groups in total. The van der Waals surface area contributed by atoms with Crippen LogP contribution in [0.25, 0.3) is 0 Å². The van der Waals surface area contributed by atoms with E-state index in [0.717, 1.165) is 43.2 Å². The number of para-hydroxylation sites is 1. The molecular weight excluding hydrogens is 295 g/mol. The van der Waals surface area contributed by atoms with Crippen molar-refractivity contribution in [1.29, 1.82) is 0 Å². The molecule has 1 atom stereocenters. The van der Waals surface area contributed by atoms with Gasteiger partial charge in [-0.05, 0) is 31.4 Å². The first-order valence-corrected chi connectivity index (χ1v) is 7.85. The molecule has 1 saturated carbocycles. The molecule has 4 rings (SSSR count). The van der Waals surface area contributed by atoms with Crippen molar-refractivity contribution < 1.29 is 13.9 Å². The van der Waals surface area contributed by atoms with Gasteiger partial charge in [-0.25, -0.2) is 4.39 Å². The molecule has 1 fully saturated rings. The van der Waals surface area contributed by atoms with Crippen LogP contribution in [0.5, 0.6) is 5.75 Å². The van der Waals surface area contributed by atoms with Crippen LogP contribution in [0.1, 0.15) is 47.6 Å². The Balaban J connectivity index is 1.63. The van der Waals surface area contributed by atoms with E-state index in [1.807, 2.05) is 24.3 Å². The van der Waals surface area contributed by atoms with E-state index in [0.29, 0.717) is 0 Å². The van der Waals surface area contributed by atoms with Crippen molar-refractivity contribution in [1.82, 2.24) is 10.3 Å². The van der Waals surface area contributed by atoms with E-state index >= 15 is 0 Å². The second kappa shape index (κ2) is 5.33. The number of nitrogens with zero attached hydrogens (tertiary/aromatic N) is 1. The Hall–Kier alpha value is -2.43. The van der Waals surface area contributed by atoms with Crippen LogP contribution in [0.2, 0.25) is 0 Å². The van der Waals surface area contributed by atoms with Gasteiger partial charge < -0.3 is 10.1 Å². The monoisotopic (exact) mass is 312 g/mol. The first kappa shape index (κ1) is 14.2. The van der Waals surface area contributed by atoms with E-state index in [2.05, 4.69) is 10.3 Å². The van der Waals surface area contributed by atoms with Gasteiger partial charge in [0.05, 0.1) is 17.8 Å². The Morgan fingerprint density at radius 1 is 1.30 bits per heavy atom. The Kier molecular flexibility index (Phi) is 3.29. The maximum Gasteiger partial charge on any atom is 0.254 e. The molecular formula is C18H17FN2O2. The van der Waals surface area contributed by atoms with Crippen LogP contribution in [0.15, 0.2) is 42.7 Å². The van der Waals surface area contributed by atoms with Crippen molar-refractivity contribution in [3.8, 4) is 5.75 Å². The minimum absolute atomic E-state index is 0.0200. The largest absolute Gasteiger partial charge is 0.487 e. The molecule has 5 heteroatoms. The zero-order valence-electron chi connectivity index (χ0n) is 12.6. The molecule has 1 spiro atoms. The first-order chi connectivity index (χ1) is 11.2. The Morgan fingerprint density at radius 2 is 2.13 bits per heavy atom. The Morgan fingerprint density at radius 3 is 2.87 bits per heavy atom. The smallest absolute Gasteiger partial charge is 0.254 e. The zero-order chi connectivity index (χ0) is 15.9. The van der Waals surface area contributed by atoms with Gasteiger partial charge in [0.1, 0.15) is 11.4 Å². The number of nitrogens with one attached hydrogen (secondary N) is 1. The third kappa shape index (κ3) is 2.46. The molecule has 0 saturated heterocycles. The summed E-state index contributed by atoms with van der Waals surface area (Å²) in [5.74, 6) is -0.205. The molecule has 0 radical (unpaired) electrons. The van der Waals surface area contributed by atoms with Crippen molar-refractivity contribution in [2.45, 2.75) is 37.3 Å². The highest BCUT2D eigenvalue weighted by Gasteiger charge is 2.45. The number of ether oxygens (including phenoxy) is 1. The van der Waals surface area contributed by atoms with Gasteiger partial charge in [0.15, 0.2) is 5.82 Å². The fourth-order valence-corrected chi connectivity index (χ4v) is 3.42. The van der Waals surface area contributed by atoms with Gasteiger partial charge in [0.2, 0.25) is 0 Å². The third-order valence-corrected chi connectivity index (χ3v) is 4.78. The summed E-state index contributed by atoms with van der Waals surface area (Å²) in [4.78, 5) is 16.1. The summed E-state index contributed by atoms with van der Waals surface area (Å²) in [6, 6.07) is 8.97. The second-order valence-corrected chi connectivity index (χ2v) is 6.26. The highest BCUT2D eigenvalue weighted by molar-refractivity contribution is 5.94. The second-order valence-electron chi connectivity index (χ2n) is 6.26. The fraction of sp³-hybridized carbons (Fsp3) is 0.333. The average molecular weight is 312 g/mol. The van der Waals surface area contributed by atoms with E-state index in [4.69, 9.17) is 4.74 Å². The van der Waals surface area contributed by atoms with Crippen LogP contribution in [-0.4, -0.2) is 16.5 Å². The predicted octanol–water partition coefficient (Wildman–Crippen LogP) is 3.40. The molecule has 4 nitrogen and oxygen atoms in total. The lowest BCUT2D eigenvalue weighted by atomic mass is 9.73. The number of carbonyl (C=O) groups is 1. The number of pyridine rings is 1. The van der Waals surface area contributed by atoms with Crippen LogP contribution >= 0.6 is 0 Å². The Labute approximate surface area is 133 Å². The maximum absolute atomic E-state index is 13.8. The van der Waals surface area contributed by atoms with Crippen molar-refractivity contribution in [2.75, 3.05) is 0 Å². The molecule has 118 valence electrons. The quantitative estimate of drug-likeness (QED) is 0.924. The average Bonchev–Trinajstić information content (AvgIpc) is 2.53. The summed E-state index contributed by atoms with van der Waals surface area (Å²) < 4.78 is 19.9. The number of rotatable bonds is 2. The Bertz CT molecular complexity index is 758. The summed E-state index contributed by atoms with van der Waals surface area (Å²) in [5, 5.41) is 2.97.